The van der Waals surface area contributed by atoms with E-state index in [2.05, 4.69) is 16.5 Å². The van der Waals surface area contributed by atoms with Gasteiger partial charge in [0.1, 0.15) is 15.5 Å². The predicted molar refractivity (Wildman–Crippen MR) is 114 cm³/mol. The fourth-order valence-corrected chi connectivity index (χ4v) is 3.96. The number of hydrogen-bond donors (Lipinski definition) is 2. The number of aliphatic hydroxyl groups is 1. The number of esters is 1. The third kappa shape index (κ3) is 6.20. The number of aryl methyl sites for hydroxylation is 1. The Morgan fingerprint density at radius 2 is 2.17 bits per heavy atom. The summed E-state index contributed by atoms with van der Waals surface area (Å²) in [5.74, 6) is 0.0351. The third-order valence-electron chi connectivity index (χ3n) is 4.21. The second-order valence-corrected chi connectivity index (χ2v) is 8.01. The highest BCUT2D eigenvalue weighted by molar-refractivity contribution is 7.20. The molecular formula is C20H29N3O5S. The maximum atomic E-state index is 12.6. The van der Waals surface area contributed by atoms with Gasteiger partial charge in [0.2, 0.25) is 0 Å². The molecule has 9 heteroatoms. The van der Waals surface area contributed by atoms with Crippen molar-refractivity contribution in [2.45, 2.75) is 46.4 Å². The lowest BCUT2D eigenvalue weighted by molar-refractivity contribution is 0.0252. The quantitative estimate of drug-likeness (QED) is 0.324. The number of carbonyl (C=O) groups excluding carboxylic acids is 1. The molecule has 0 saturated carbocycles. The lowest BCUT2D eigenvalue weighted by Crippen LogP contribution is -2.35. The standard InChI is InChI=1S/C20H29N3O5S/c1-6-8-27-11-14(24)9-23(7-2)10-15-21-18(25)16-13(5)17(29-19(16)22-15)20(26)28-12(3)4/h6,12,14,24H,1,7-11H2,2-5H3,(H,21,22,25)/t14-/m0/s1. The largest absolute Gasteiger partial charge is 0.459 e. The second kappa shape index (κ2) is 10.6. The first kappa shape index (κ1) is 23.2. The number of ether oxygens (including phenoxy) is 2. The Kier molecular flexibility index (Phi) is 8.51. The molecule has 0 fully saturated rings. The van der Waals surface area contributed by atoms with Gasteiger partial charge in [-0.25, -0.2) is 9.78 Å². The zero-order chi connectivity index (χ0) is 21.6. The molecule has 0 aliphatic carbocycles. The van der Waals surface area contributed by atoms with Gasteiger partial charge in [-0.1, -0.05) is 13.0 Å². The minimum Gasteiger partial charge on any atom is -0.459 e. The molecule has 2 N–H and O–H groups in total. The van der Waals surface area contributed by atoms with E-state index in [4.69, 9.17) is 9.47 Å². The minimum atomic E-state index is -0.660. The summed E-state index contributed by atoms with van der Waals surface area (Å²) in [7, 11) is 0. The van der Waals surface area contributed by atoms with Crippen molar-refractivity contribution in [2.75, 3.05) is 26.3 Å². The number of carbonyl (C=O) groups is 1. The number of nitrogens with zero attached hydrogens (tertiary/aromatic N) is 2. The van der Waals surface area contributed by atoms with Gasteiger partial charge >= 0.3 is 5.97 Å². The zero-order valence-electron chi connectivity index (χ0n) is 17.4. The van der Waals surface area contributed by atoms with E-state index in [9.17, 15) is 14.7 Å². The van der Waals surface area contributed by atoms with E-state index in [1.165, 1.54) is 0 Å². The first-order valence-corrected chi connectivity index (χ1v) is 10.4. The molecule has 0 aliphatic heterocycles. The first-order valence-electron chi connectivity index (χ1n) is 9.59. The van der Waals surface area contributed by atoms with E-state index in [-0.39, 0.29) is 18.3 Å². The highest BCUT2D eigenvalue weighted by Crippen LogP contribution is 2.28. The van der Waals surface area contributed by atoms with Gasteiger partial charge in [-0.15, -0.1) is 17.9 Å². The lowest BCUT2D eigenvalue weighted by atomic mass is 10.2. The van der Waals surface area contributed by atoms with Gasteiger partial charge in [0.25, 0.3) is 5.56 Å². The number of aromatic amines is 1. The van der Waals surface area contributed by atoms with Crippen LogP contribution in [0.3, 0.4) is 0 Å². The third-order valence-corrected chi connectivity index (χ3v) is 5.38. The predicted octanol–water partition coefficient (Wildman–Crippen LogP) is 2.24. The summed E-state index contributed by atoms with van der Waals surface area (Å²) < 4.78 is 10.5. The molecule has 29 heavy (non-hydrogen) atoms. The van der Waals surface area contributed by atoms with Crippen molar-refractivity contribution in [3.8, 4) is 0 Å². The fourth-order valence-electron chi connectivity index (χ4n) is 2.88. The van der Waals surface area contributed by atoms with Crippen LogP contribution in [0, 0.1) is 6.92 Å². The number of nitrogens with one attached hydrogen (secondary N) is 1. The van der Waals surface area contributed by atoms with Crippen molar-refractivity contribution < 1.29 is 19.4 Å². The molecule has 2 aromatic heterocycles. The summed E-state index contributed by atoms with van der Waals surface area (Å²) in [6.45, 7) is 12.8. The Balaban J connectivity index is 2.20. The van der Waals surface area contributed by atoms with Crippen molar-refractivity contribution >= 4 is 27.5 Å². The van der Waals surface area contributed by atoms with E-state index in [0.717, 1.165) is 11.3 Å². The molecule has 1 atom stereocenters. The smallest absolute Gasteiger partial charge is 0.348 e. The topological polar surface area (TPSA) is 105 Å². The molecule has 0 aliphatic rings. The Morgan fingerprint density at radius 3 is 2.79 bits per heavy atom. The molecular weight excluding hydrogens is 394 g/mol. The zero-order valence-corrected chi connectivity index (χ0v) is 18.2. The van der Waals surface area contributed by atoms with Crippen LogP contribution in [0.15, 0.2) is 17.4 Å². The van der Waals surface area contributed by atoms with Gasteiger partial charge in [0.15, 0.2) is 0 Å². The van der Waals surface area contributed by atoms with Crippen molar-refractivity contribution in [3.63, 3.8) is 0 Å². The van der Waals surface area contributed by atoms with Crippen LogP contribution in [-0.4, -0.2) is 64.5 Å². The summed E-state index contributed by atoms with van der Waals surface area (Å²) in [6, 6.07) is 0. The van der Waals surface area contributed by atoms with Gasteiger partial charge in [0, 0.05) is 6.54 Å². The summed E-state index contributed by atoms with van der Waals surface area (Å²) in [6.07, 6.45) is 0.725. The van der Waals surface area contributed by atoms with Crippen LogP contribution in [0.25, 0.3) is 10.2 Å². The average molecular weight is 424 g/mol. The molecule has 0 spiro atoms. The van der Waals surface area contributed by atoms with Gasteiger partial charge in [-0.2, -0.15) is 0 Å². The number of H-pyrrole nitrogens is 1. The number of fused-ring (bicyclic) bond motifs is 1. The van der Waals surface area contributed by atoms with Crippen LogP contribution in [0.5, 0.6) is 0 Å². The summed E-state index contributed by atoms with van der Waals surface area (Å²) in [5, 5.41) is 10.5. The van der Waals surface area contributed by atoms with Gasteiger partial charge in [0.05, 0.1) is 37.4 Å². The van der Waals surface area contributed by atoms with Crippen LogP contribution < -0.4 is 5.56 Å². The second-order valence-electron chi connectivity index (χ2n) is 7.01. The van der Waals surface area contributed by atoms with Crippen molar-refractivity contribution in [1.29, 1.82) is 0 Å². The fraction of sp³-hybridized carbons (Fsp3) is 0.550. The average Bonchev–Trinajstić information content (AvgIpc) is 2.98. The number of aliphatic hydroxyl groups excluding tert-OH is 1. The number of thiophene rings is 1. The molecule has 0 saturated heterocycles. The van der Waals surface area contributed by atoms with Crippen molar-refractivity contribution in [1.82, 2.24) is 14.9 Å². The Hall–Kier alpha value is -2.07. The SMILES string of the molecule is C=CCOC[C@@H](O)CN(CC)Cc1nc2sc(C(=O)OC(C)C)c(C)c2c(=O)[nH]1. The van der Waals surface area contributed by atoms with Gasteiger partial charge < -0.3 is 19.6 Å². The van der Waals surface area contributed by atoms with E-state index in [1.54, 1.807) is 26.8 Å². The van der Waals surface area contributed by atoms with Gasteiger partial charge in [-0.05, 0) is 32.9 Å². The summed E-state index contributed by atoms with van der Waals surface area (Å²) in [4.78, 5) is 35.1. The van der Waals surface area contributed by atoms with E-state index in [0.29, 0.717) is 52.7 Å². The Morgan fingerprint density at radius 1 is 1.45 bits per heavy atom. The normalized spacial score (nSPS) is 12.7. The van der Waals surface area contributed by atoms with Crippen LogP contribution in [0.4, 0.5) is 0 Å². The van der Waals surface area contributed by atoms with E-state index >= 15 is 0 Å². The first-order chi connectivity index (χ1) is 13.8. The monoisotopic (exact) mass is 423 g/mol. The molecule has 8 nitrogen and oxygen atoms in total. The summed E-state index contributed by atoms with van der Waals surface area (Å²) in [5.41, 5.74) is 0.298. The molecule has 0 bridgehead atoms. The molecule has 2 aromatic rings. The van der Waals surface area contributed by atoms with Crippen LogP contribution in [0.1, 0.15) is 41.8 Å². The number of aromatic nitrogens is 2. The molecule has 160 valence electrons. The van der Waals surface area contributed by atoms with Gasteiger partial charge in [-0.3, -0.25) is 9.69 Å². The highest BCUT2D eigenvalue weighted by Gasteiger charge is 2.21. The van der Waals surface area contributed by atoms with Crippen LogP contribution in [0.2, 0.25) is 0 Å². The number of rotatable bonds is 11. The summed E-state index contributed by atoms with van der Waals surface area (Å²) >= 11 is 1.16. The number of likely N-dealkylation sites (N-methyl/N-ethyl adjacent to an activating group) is 1. The highest BCUT2D eigenvalue weighted by atomic mass is 32.1. The minimum absolute atomic E-state index is 0.205. The molecule has 0 aromatic carbocycles. The van der Waals surface area contributed by atoms with E-state index < -0.39 is 12.1 Å². The lowest BCUT2D eigenvalue weighted by Gasteiger charge is -2.22. The Labute approximate surface area is 174 Å². The molecule has 0 unspecified atom stereocenters. The van der Waals surface area contributed by atoms with E-state index in [1.807, 2.05) is 11.8 Å². The van der Waals surface area contributed by atoms with Crippen LogP contribution >= 0.6 is 11.3 Å². The Bertz CT molecular complexity index is 905. The molecule has 0 radical (unpaired) electrons. The molecule has 2 heterocycles. The van der Waals surface area contributed by atoms with Crippen molar-refractivity contribution in [2.24, 2.45) is 0 Å². The van der Waals surface area contributed by atoms with Crippen molar-refractivity contribution in [3.05, 3.63) is 39.3 Å². The number of hydrogen-bond acceptors (Lipinski definition) is 8. The molecule has 2 rings (SSSR count). The maximum Gasteiger partial charge on any atom is 0.348 e. The maximum absolute atomic E-state index is 12.6. The van der Waals surface area contributed by atoms with Crippen LogP contribution in [-0.2, 0) is 16.0 Å². The molecule has 0 amide bonds.